The van der Waals surface area contributed by atoms with Crippen molar-refractivity contribution in [2.75, 3.05) is 25.9 Å². The van der Waals surface area contributed by atoms with Gasteiger partial charge in [0.25, 0.3) is 0 Å². The highest BCUT2D eigenvalue weighted by Crippen LogP contribution is 2.12. The summed E-state index contributed by atoms with van der Waals surface area (Å²) in [6.07, 6.45) is 4.76. The molecule has 0 bridgehead atoms. The SMILES string of the molecule is CN1CC=C(CCS)CC1. The maximum atomic E-state index is 4.20. The van der Waals surface area contributed by atoms with Gasteiger partial charge in [0.1, 0.15) is 0 Å². The van der Waals surface area contributed by atoms with E-state index in [-0.39, 0.29) is 0 Å². The van der Waals surface area contributed by atoms with Gasteiger partial charge in [-0.2, -0.15) is 12.6 Å². The van der Waals surface area contributed by atoms with E-state index in [0.29, 0.717) is 0 Å². The van der Waals surface area contributed by atoms with Crippen molar-refractivity contribution in [2.24, 2.45) is 0 Å². The molecule has 1 aliphatic rings. The van der Waals surface area contributed by atoms with E-state index in [9.17, 15) is 0 Å². The second-order valence-corrected chi connectivity index (χ2v) is 3.30. The van der Waals surface area contributed by atoms with Gasteiger partial charge >= 0.3 is 0 Å². The van der Waals surface area contributed by atoms with Gasteiger partial charge in [-0.3, -0.25) is 0 Å². The number of rotatable bonds is 2. The Hall–Kier alpha value is 0.0500. The second kappa shape index (κ2) is 4.04. The fourth-order valence-corrected chi connectivity index (χ4v) is 1.47. The van der Waals surface area contributed by atoms with E-state index < -0.39 is 0 Å². The van der Waals surface area contributed by atoms with Crippen LogP contribution in [0.4, 0.5) is 0 Å². The Kier molecular flexibility index (Phi) is 3.29. The summed E-state index contributed by atoms with van der Waals surface area (Å²) in [5.41, 5.74) is 1.59. The topological polar surface area (TPSA) is 3.24 Å². The zero-order valence-electron chi connectivity index (χ0n) is 6.51. The number of nitrogens with zero attached hydrogens (tertiary/aromatic N) is 1. The molecular weight excluding hydrogens is 142 g/mol. The summed E-state index contributed by atoms with van der Waals surface area (Å²) < 4.78 is 0. The van der Waals surface area contributed by atoms with Crippen LogP contribution in [0.3, 0.4) is 0 Å². The first-order valence-corrected chi connectivity index (χ1v) is 4.43. The maximum absolute atomic E-state index is 4.20. The lowest BCUT2D eigenvalue weighted by Gasteiger charge is -2.21. The molecule has 1 nitrogen and oxygen atoms in total. The van der Waals surface area contributed by atoms with Crippen LogP contribution < -0.4 is 0 Å². The minimum absolute atomic E-state index is 0.996. The molecule has 0 fully saturated rings. The van der Waals surface area contributed by atoms with Crippen LogP contribution in [-0.4, -0.2) is 30.8 Å². The van der Waals surface area contributed by atoms with Gasteiger partial charge in [-0.15, -0.1) is 0 Å². The standard InChI is InChI=1S/C8H15NS/c1-9-5-2-8(3-6-9)4-7-10/h2,10H,3-7H2,1H3. The fraction of sp³-hybridized carbons (Fsp3) is 0.750. The highest BCUT2D eigenvalue weighted by atomic mass is 32.1. The van der Waals surface area contributed by atoms with Crippen molar-refractivity contribution in [2.45, 2.75) is 12.8 Å². The summed E-state index contributed by atoms with van der Waals surface area (Å²) in [5.74, 6) is 0.996. The van der Waals surface area contributed by atoms with E-state index in [1.165, 1.54) is 19.4 Å². The van der Waals surface area contributed by atoms with Crippen LogP contribution in [0.25, 0.3) is 0 Å². The van der Waals surface area contributed by atoms with Gasteiger partial charge in [-0.25, -0.2) is 0 Å². The van der Waals surface area contributed by atoms with E-state index in [1.54, 1.807) is 5.57 Å². The van der Waals surface area contributed by atoms with Crippen LogP contribution >= 0.6 is 12.6 Å². The summed E-state index contributed by atoms with van der Waals surface area (Å²) in [5, 5.41) is 0. The minimum Gasteiger partial charge on any atom is -0.302 e. The predicted octanol–water partition coefficient (Wildman–Crippen LogP) is 1.57. The Labute approximate surface area is 68.5 Å². The number of hydrogen-bond acceptors (Lipinski definition) is 2. The summed E-state index contributed by atoms with van der Waals surface area (Å²) in [6, 6.07) is 0. The molecule has 0 saturated heterocycles. The van der Waals surface area contributed by atoms with Crippen molar-refractivity contribution in [3.05, 3.63) is 11.6 Å². The molecule has 0 atom stereocenters. The molecule has 0 aliphatic carbocycles. The zero-order chi connectivity index (χ0) is 7.40. The van der Waals surface area contributed by atoms with Crippen LogP contribution in [0.2, 0.25) is 0 Å². The van der Waals surface area contributed by atoms with Crippen molar-refractivity contribution in [3.63, 3.8) is 0 Å². The molecule has 58 valence electrons. The summed E-state index contributed by atoms with van der Waals surface area (Å²) in [7, 11) is 2.16. The number of thiol groups is 1. The van der Waals surface area contributed by atoms with Crippen molar-refractivity contribution in [3.8, 4) is 0 Å². The quantitative estimate of drug-likeness (QED) is 0.470. The van der Waals surface area contributed by atoms with Gasteiger partial charge < -0.3 is 4.90 Å². The lowest BCUT2D eigenvalue weighted by Crippen LogP contribution is -2.24. The summed E-state index contributed by atoms with van der Waals surface area (Å²) >= 11 is 4.20. The predicted molar refractivity (Wildman–Crippen MR) is 48.7 cm³/mol. The normalized spacial score (nSPS) is 20.8. The highest BCUT2D eigenvalue weighted by molar-refractivity contribution is 7.80. The molecule has 1 aliphatic heterocycles. The smallest absolute Gasteiger partial charge is 0.0162 e. The Morgan fingerprint density at radius 1 is 1.70 bits per heavy atom. The van der Waals surface area contributed by atoms with Gasteiger partial charge in [0.2, 0.25) is 0 Å². The summed E-state index contributed by atoms with van der Waals surface area (Å²) in [4.78, 5) is 2.34. The van der Waals surface area contributed by atoms with E-state index in [1.807, 2.05) is 0 Å². The third-order valence-electron chi connectivity index (χ3n) is 1.94. The molecule has 0 N–H and O–H groups in total. The second-order valence-electron chi connectivity index (χ2n) is 2.85. The van der Waals surface area contributed by atoms with E-state index in [4.69, 9.17) is 0 Å². The Morgan fingerprint density at radius 3 is 3.00 bits per heavy atom. The van der Waals surface area contributed by atoms with Crippen LogP contribution in [0.5, 0.6) is 0 Å². The van der Waals surface area contributed by atoms with Crippen LogP contribution in [-0.2, 0) is 0 Å². The first-order chi connectivity index (χ1) is 4.83. The van der Waals surface area contributed by atoms with Crippen LogP contribution in [0.15, 0.2) is 11.6 Å². The molecule has 0 aromatic carbocycles. The number of likely N-dealkylation sites (N-methyl/N-ethyl adjacent to an activating group) is 1. The molecule has 0 aromatic heterocycles. The van der Waals surface area contributed by atoms with E-state index >= 15 is 0 Å². The van der Waals surface area contributed by atoms with Crippen molar-refractivity contribution in [1.82, 2.24) is 4.90 Å². The Morgan fingerprint density at radius 2 is 2.50 bits per heavy atom. The Balaban J connectivity index is 2.33. The molecule has 10 heavy (non-hydrogen) atoms. The lowest BCUT2D eigenvalue weighted by molar-refractivity contribution is 0.357. The molecule has 2 heteroatoms. The van der Waals surface area contributed by atoms with Gasteiger partial charge in [0.15, 0.2) is 0 Å². The third kappa shape index (κ3) is 2.35. The average molecular weight is 157 g/mol. The van der Waals surface area contributed by atoms with Crippen LogP contribution in [0.1, 0.15) is 12.8 Å². The minimum atomic E-state index is 0.996. The molecule has 0 spiro atoms. The fourth-order valence-electron chi connectivity index (χ4n) is 1.18. The maximum Gasteiger partial charge on any atom is 0.0162 e. The molecule has 0 unspecified atom stereocenters. The zero-order valence-corrected chi connectivity index (χ0v) is 7.40. The molecule has 0 amide bonds. The Bertz CT molecular complexity index is 131. The van der Waals surface area contributed by atoms with E-state index in [2.05, 4.69) is 30.7 Å². The largest absolute Gasteiger partial charge is 0.302 e. The van der Waals surface area contributed by atoms with Crippen LogP contribution in [0, 0.1) is 0 Å². The molecule has 1 heterocycles. The molecule has 0 radical (unpaired) electrons. The lowest BCUT2D eigenvalue weighted by atomic mass is 10.1. The van der Waals surface area contributed by atoms with Gasteiger partial charge in [-0.1, -0.05) is 11.6 Å². The average Bonchev–Trinajstić information content (AvgIpc) is 1.95. The van der Waals surface area contributed by atoms with Crippen molar-refractivity contribution < 1.29 is 0 Å². The number of hydrogen-bond donors (Lipinski definition) is 1. The molecule has 0 saturated carbocycles. The first-order valence-electron chi connectivity index (χ1n) is 3.80. The monoisotopic (exact) mass is 157 g/mol. The van der Waals surface area contributed by atoms with E-state index in [0.717, 1.165) is 12.3 Å². The molecular formula is C8H15NS. The van der Waals surface area contributed by atoms with Gasteiger partial charge in [0, 0.05) is 13.1 Å². The summed E-state index contributed by atoms with van der Waals surface area (Å²) in [6.45, 7) is 2.35. The van der Waals surface area contributed by atoms with Crippen molar-refractivity contribution >= 4 is 12.6 Å². The highest BCUT2D eigenvalue weighted by Gasteiger charge is 2.05. The molecule has 1 rings (SSSR count). The first kappa shape index (κ1) is 8.15. The van der Waals surface area contributed by atoms with Gasteiger partial charge in [0.05, 0.1) is 0 Å². The molecule has 0 aromatic rings. The van der Waals surface area contributed by atoms with Crippen molar-refractivity contribution in [1.29, 1.82) is 0 Å². The van der Waals surface area contributed by atoms with Gasteiger partial charge in [-0.05, 0) is 25.6 Å². The third-order valence-corrected chi connectivity index (χ3v) is 2.16.